The van der Waals surface area contributed by atoms with Gasteiger partial charge in [0, 0.05) is 32.4 Å². The minimum absolute atomic E-state index is 0.456. The molecular weight excluding hydrogens is 226 g/mol. The third-order valence-corrected chi connectivity index (χ3v) is 3.44. The molecule has 1 aromatic rings. The van der Waals surface area contributed by atoms with Crippen LogP contribution in [0.2, 0.25) is 0 Å². The van der Waals surface area contributed by atoms with Crippen LogP contribution in [0.15, 0.2) is 12.4 Å². The predicted molar refractivity (Wildman–Crippen MR) is 73.4 cm³/mol. The van der Waals surface area contributed by atoms with Gasteiger partial charge in [0.1, 0.15) is 5.82 Å². The van der Waals surface area contributed by atoms with Gasteiger partial charge >= 0.3 is 0 Å². The van der Waals surface area contributed by atoms with E-state index in [4.69, 9.17) is 5.73 Å². The van der Waals surface area contributed by atoms with Crippen molar-refractivity contribution in [3.8, 4) is 0 Å². The summed E-state index contributed by atoms with van der Waals surface area (Å²) in [6.45, 7) is 3.78. The molecule has 0 aliphatic carbocycles. The summed E-state index contributed by atoms with van der Waals surface area (Å²) in [4.78, 5) is 13.3. The van der Waals surface area contributed by atoms with Gasteiger partial charge in [-0.25, -0.2) is 4.98 Å². The standard InChI is InChI=1S/C13H23N5/c1-17(2)10-11-3-5-18(6-4-11)13-9-15-8-12(7-14)16-13/h8-9,11H,3-7,10,14H2,1-2H3. The van der Waals surface area contributed by atoms with Crippen LogP contribution in [0.1, 0.15) is 18.5 Å². The molecule has 100 valence electrons. The van der Waals surface area contributed by atoms with Crippen molar-refractivity contribution in [1.29, 1.82) is 0 Å². The van der Waals surface area contributed by atoms with Gasteiger partial charge in [-0.1, -0.05) is 0 Å². The predicted octanol–water partition coefficient (Wildman–Crippen LogP) is 0.713. The topological polar surface area (TPSA) is 58.3 Å². The third-order valence-electron chi connectivity index (χ3n) is 3.44. The second kappa shape index (κ2) is 6.11. The quantitative estimate of drug-likeness (QED) is 0.852. The number of rotatable bonds is 4. The number of hydrogen-bond donors (Lipinski definition) is 1. The summed E-state index contributed by atoms with van der Waals surface area (Å²) in [5.41, 5.74) is 6.46. The Balaban J connectivity index is 1.92. The Kier molecular flexibility index (Phi) is 4.49. The number of anilines is 1. The van der Waals surface area contributed by atoms with Gasteiger partial charge in [0.05, 0.1) is 11.9 Å². The van der Waals surface area contributed by atoms with E-state index in [1.54, 1.807) is 6.20 Å². The Bertz CT molecular complexity index is 371. The molecule has 18 heavy (non-hydrogen) atoms. The first-order valence-corrected chi connectivity index (χ1v) is 6.59. The summed E-state index contributed by atoms with van der Waals surface area (Å²) < 4.78 is 0. The van der Waals surface area contributed by atoms with Gasteiger partial charge in [-0.2, -0.15) is 0 Å². The molecule has 1 aliphatic rings. The maximum atomic E-state index is 5.60. The number of piperidine rings is 1. The maximum Gasteiger partial charge on any atom is 0.147 e. The molecule has 2 N–H and O–H groups in total. The zero-order chi connectivity index (χ0) is 13.0. The van der Waals surface area contributed by atoms with E-state index in [1.807, 2.05) is 6.20 Å². The van der Waals surface area contributed by atoms with Gasteiger partial charge < -0.3 is 15.5 Å². The average molecular weight is 249 g/mol. The van der Waals surface area contributed by atoms with Crippen molar-refractivity contribution < 1.29 is 0 Å². The highest BCUT2D eigenvalue weighted by atomic mass is 15.2. The summed E-state index contributed by atoms with van der Waals surface area (Å²) in [5, 5.41) is 0. The maximum absolute atomic E-state index is 5.60. The summed E-state index contributed by atoms with van der Waals surface area (Å²) in [6.07, 6.45) is 6.03. The molecule has 2 heterocycles. The highest BCUT2D eigenvalue weighted by Gasteiger charge is 2.20. The van der Waals surface area contributed by atoms with Crippen molar-refractivity contribution in [2.45, 2.75) is 19.4 Å². The number of nitrogens with zero attached hydrogens (tertiary/aromatic N) is 4. The lowest BCUT2D eigenvalue weighted by Gasteiger charge is -2.33. The van der Waals surface area contributed by atoms with E-state index in [2.05, 4.69) is 33.9 Å². The molecule has 0 amide bonds. The molecule has 1 aliphatic heterocycles. The molecule has 0 aromatic carbocycles. The number of aromatic nitrogens is 2. The molecule has 1 aromatic heterocycles. The second-order valence-corrected chi connectivity index (χ2v) is 5.27. The molecule has 2 rings (SSSR count). The van der Waals surface area contributed by atoms with Crippen LogP contribution in [0.3, 0.4) is 0 Å². The minimum atomic E-state index is 0.456. The lowest BCUT2D eigenvalue weighted by Crippen LogP contribution is -2.37. The van der Waals surface area contributed by atoms with Gasteiger partial charge in [-0.15, -0.1) is 0 Å². The van der Waals surface area contributed by atoms with Gasteiger partial charge in [0.2, 0.25) is 0 Å². The molecule has 5 heteroatoms. The first-order valence-electron chi connectivity index (χ1n) is 6.59. The fourth-order valence-electron chi connectivity index (χ4n) is 2.51. The van der Waals surface area contributed by atoms with Crippen LogP contribution in [-0.4, -0.2) is 48.6 Å². The van der Waals surface area contributed by atoms with Gasteiger partial charge in [-0.05, 0) is 32.9 Å². The minimum Gasteiger partial charge on any atom is -0.355 e. The van der Waals surface area contributed by atoms with Gasteiger partial charge in [0.25, 0.3) is 0 Å². The zero-order valence-corrected chi connectivity index (χ0v) is 11.3. The first kappa shape index (κ1) is 13.2. The van der Waals surface area contributed by atoms with Crippen LogP contribution >= 0.6 is 0 Å². The van der Waals surface area contributed by atoms with Crippen LogP contribution < -0.4 is 10.6 Å². The van der Waals surface area contributed by atoms with Gasteiger partial charge in [-0.3, -0.25) is 4.98 Å². The monoisotopic (exact) mass is 249 g/mol. The van der Waals surface area contributed by atoms with E-state index < -0.39 is 0 Å². The number of nitrogens with two attached hydrogens (primary N) is 1. The Morgan fingerprint density at radius 3 is 2.67 bits per heavy atom. The van der Waals surface area contributed by atoms with E-state index in [0.29, 0.717) is 6.54 Å². The smallest absolute Gasteiger partial charge is 0.147 e. The summed E-state index contributed by atoms with van der Waals surface area (Å²) >= 11 is 0. The number of hydrogen-bond acceptors (Lipinski definition) is 5. The molecular formula is C13H23N5. The Hall–Kier alpha value is -1.20. The van der Waals surface area contributed by atoms with E-state index in [0.717, 1.165) is 30.5 Å². The molecule has 0 spiro atoms. The molecule has 1 fully saturated rings. The zero-order valence-electron chi connectivity index (χ0n) is 11.3. The Morgan fingerprint density at radius 1 is 1.33 bits per heavy atom. The second-order valence-electron chi connectivity index (χ2n) is 5.27. The third kappa shape index (κ3) is 3.40. The van der Waals surface area contributed by atoms with Crippen LogP contribution in [0.5, 0.6) is 0 Å². The summed E-state index contributed by atoms with van der Waals surface area (Å²) in [5.74, 6) is 1.78. The van der Waals surface area contributed by atoms with E-state index in [-0.39, 0.29) is 0 Å². The summed E-state index contributed by atoms with van der Waals surface area (Å²) in [7, 11) is 4.28. The summed E-state index contributed by atoms with van der Waals surface area (Å²) in [6, 6.07) is 0. The van der Waals surface area contributed by atoms with Crippen LogP contribution in [0.25, 0.3) is 0 Å². The van der Waals surface area contributed by atoms with Crippen molar-refractivity contribution in [2.24, 2.45) is 11.7 Å². The molecule has 0 saturated carbocycles. The van der Waals surface area contributed by atoms with Crippen LogP contribution in [0, 0.1) is 5.92 Å². The highest BCUT2D eigenvalue weighted by Crippen LogP contribution is 2.21. The van der Waals surface area contributed by atoms with Crippen molar-refractivity contribution in [3.05, 3.63) is 18.1 Å². The first-order chi connectivity index (χ1) is 8.69. The SMILES string of the molecule is CN(C)CC1CCN(c2cncc(CN)n2)CC1. The Morgan fingerprint density at radius 2 is 2.06 bits per heavy atom. The van der Waals surface area contributed by atoms with Gasteiger partial charge in [0.15, 0.2) is 0 Å². The molecule has 5 nitrogen and oxygen atoms in total. The fourth-order valence-corrected chi connectivity index (χ4v) is 2.51. The molecule has 1 saturated heterocycles. The average Bonchev–Trinajstić information content (AvgIpc) is 2.39. The fraction of sp³-hybridized carbons (Fsp3) is 0.692. The lowest BCUT2D eigenvalue weighted by molar-refractivity contribution is 0.284. The largest absolute Gasteiger partial charge is 0.355 e. The van der Waals surface area contributed by atoms with Crippen molar-refractivity contribution >= 4 is 5.82 Å². The molecule has 0 atom stereocenters. The van der Waals surface area contributed by atoms with Crippen molar-refractivity contribution in [1.82, 2.24) is 14.9 Å². The van der Waals surface area contributed by atoms with Crippen LogP contribution in [-0.2, 0) is 6.54 Å². The van der Waals surface area contributed by atoms with E-state index >= 15 is 0 Å². The van der Waals surface area contributed by atoms with Crippen molar-refractivity contribution in [3.63, 3.8) is 0 Å². The highest BCUT2D eigenvalue weighted by molar-refractivity contribution is 5.36. The Labute approximate surface area is 109 Å². The molecule has 0 bridgehead atoms. The lowest BCUT2D eigenvalue weighted by atomic mass is 9.96. The normalized spacial score (nSPS) is 17.4. The molecule has 0 unspecified atom stereocenters. The van der Waals surface area contributed by atoms with Crippen LogP contribution in [0.4, 0.5) is 5.82 Å². The molecule has 0 radical (unpaired) electrons. The van der Waals surface area contributed by atoms with E-state index in [9.17, 15) is 0 Å². The van der Waals surface area contributed by atoms with E-state index in [1.165, 1.54) is 19.4 Å². The van der Waals surface area contributed by atoms with Crippen molar-refractivity contribution in [2.75, 3.05) is 38.6 Å².